The molecule has 0 amide bonds. The van der Waals surface area contributed by atoms with Crippen molar-refractivity contribution >= 4 is 15.9 Å². The summed E-state index contributed by atoms with van der Waals surface area (Å²) in [6.45, 7) is 3.93. The number of ether oxygens (including phenoxy) is 1. The van der Waals surface area contributed by atoms with Gasteiger partial charge in [0.2, 0.25) is 0 Å². The van der Waals surface area contributed by atoms with E-state index in [9.17, 15) is 0 Å². The summed E-state index contributed by atoms with van der Waals surface area (Å²) in [7, 11) is 1.69. The molecule has 1 aromatic heterocycles. The number of nitrogens with one attached hydrogen (secondary N) is 1. The van der Waals surface area contributed by atoms with Crippen LogP contribution in [0.3, 0.4) is 0 Å². The summed E-state index contributed by atoms with van der Waals surface area (Å²) in [4.78, 5) is 6.76. The number of pyridine rings is 1. The Bertz CT molecular complexity index is 621. The number of aromatic nitrogens is 1. The van der Waals surface area contributed by atoms with E-state index in [1.54, 1.807) is 7.11 Å². The molecule has 1 unspecified atom stereocenters. The molecule has 4 nitrogen and oxygen atoms in total. The van der Waals surface area contributed by atoms with Crippen molar-refractivity contribution in [2.24, 2.45) is 0 Å². The number of benzene rings is 1. The van der Waals surface area contributed by atoms with Crippen molar-refractivity contribution in [3.05, 3.63) is 58.3 Å². The molecule has 116 valence electrons. The largest absolute Gasteiger partial charge is 0.496 e. The van der Waals surface area contributed by atoms with Gasteiger partial charge in [-0.25, -0.2) is 0 Å². The van der Waals surface area contributed by atoms with E-state index in [0.29, 0.717) is 6.04 Å². The molecule has 3 rings (SSSR count). The second-order valence-electron chi connectivity index (χ2n) is 5.45. The fourth-order valence-corrected chi connectivity index (χ4v) is 3.47. The van der Waals surface area contributed by atoms with Gasteiger partial charge in [-0.1, -0.05) is 12.1 Å². The van der Waals surface area contributed by atoms with Crippen molar-refractivity contribution in [2.75, 3.05) is 26.7 Å². The second-order valence-corrected chi connectivity index (χ2v) is 6.30. The Labute approximate surface area is 139 Å². The minimum Gasteiger partial charge on any atom is -0.496 e. The van der Waals surface area contributed by atoms with Gasteiger partial charge in [0.05, 0.1) is 11.6 Å². The predicted octanol–water partition coefficient (Wildman–Crippen LogP) is 3.00. The lowest BCUT2D eigenvalue weighted by atomic mass is 10.0. The summed E-state index contributed by atoms with van der Waals surface area (Å²) < 4.78 is 6.30. The van der Waals surface area contributed by atoms with E-state index in [-0.39, 0.29) is 0 Å². The Morgan fingerprint density at radius 2 is 2.32 bits per heavy atom. The topological polar surface area (TPSA) is 37.4 Å². The maximum absolute atomic E-state index is 5.30. The van der Waals surface area contributed by atoms with Crippen molar-refractivity contribution in [1.29, 1.82) is 0 Å². The van der Waals surface area contributed by atoms with Gasteiger partial charge in [0.1, 0.15) is 5.75 Å². The maximum atomic E-state index is 5.30. The number of methoxy groups -OCH3 is 1. The SMILES string of the molecule is COc1ccc(CN2CCNCC2c2cccnc2)cc1Br. The highest BCUT2D eigenvalue weighted by molar-refractivity contribution is 9.10. The predicted molar refractivity (Wildman–Crippen MR) is 91.0 cm³/mol. The summed E-state index contributed by atoms with van der Waals surface area (Å²) in [5.41, 5.74) is 2.55. The molecule has 1 aromatic carbocycles. The molecule has 1 aliphatic heterocycles. The highest BCUT2D eigenvalue weighted by Crippen LogP contribution is 2.28. The van der Waals surface area contributed by atoms with Crippen LogP contribution in [0.25, 0.3) is 0 Å². The Balaban J connectivity index is 1.78. The molecule has 1 atom stereocenters. The van der Waals surface area contributed by atoms with Crippen LogP contribution in [0.4, 0.5) is 0 Å². The van der Waals surface area contributed by atoms with Gasteiger partial charge >= 0.3 is 0 Å². The van der Waals surface area contributed by atoms with E-state index in [2.05, 4.69) is 49.3 Å². The Hall–Kier alpha value is -1.43. The van der Waals surface area contributed by atoms with Crippen LogP contribution >= 0.6 is 15.9 Å². The lowest BCUT2D eigenvalue weighted by Gasteiger charge is -2.36. The van der Waals surface area contributed by atoms with E-state index in [1.165, 1.54) is 11.1 Å². The van der Waals surface area contributed by atoms with Gasteiger partial charge in [-0.2, -0.15) is 0 Å². The van der Waals surface area contributed by atoms with Crippen molar-refractivity contribution < 1.29 is 4.74 Å². The molecule has 2 aromatic rings. The number of nitrogens with zero attached hydrogens (tertiary/aromatic N) is 2. The van der Waals surface area contributed by atoms with Crippen LogP contribution < -0.4 is 10.1 Å². The van der Waals surface area contributed by atoms with Crippen molar-refractivity contribution in [1.82, 2.24) is 15.2 Å². The normalized spacial score (nSPS) is 19.1. The molecule has 22 heavy (non-hydrogen) atoms. The smallest absolute Gasteiger partial charge is 0.133 e. The van der Waals surface area contributed by atoms with Gasteiger partial charge < -0.3 is 10.1 Å². The Morgan fingerprint density at radius 3 is 3.05 bits per heavy atom. The van der Waals surface area contributed by atoms with E-state index in [1.807, 2.05) is 24.5 Å². The third-order valence-corrected chi connectivity index (χ3v) is 4.65. The molecule has 0 bridgehead atoms. The standard InChI is InChI=1S/C17H20BrN3O/c1-22-17-5-4-13(9-15(17)18)12-21-8-7-20-11-16(21)14-3-2-6-19-10-14/h2-6,9-10,16,20H,7-8,11-12H2,1H3. The van der Waals surface area contributed by atoms with Gasteiger partial charge in [0.25, 0.3) is 0 Å². The third-order valence-electron chi connectivity index (χ3n) is 4.03. The Morgan fingerprint density at radius 1 is 1.41 bits per heavy atom. The Kier molecular flexibility index (Phi) is 5.08. The fraction of sp³-hybridized carbons (Fsp3) is 0.353. The van der Waals surface area contributed by atoms with Crippen molar-refractivity contribution in [3.8, 4) is 5.75 Å². The van der Waals surface area contributed by atoms with E-state index < -0.39 is 0 Å². The fourth-order valence-electron chi connectivity index (χ4n) is 2.88. The van der Waals surface area contributed by atoms with Gasteiger partial charge in [-0.05, 0) is 45.3 Å². The van der Waals surface area contributed by atoms with E-state index in [0.717, 1.165) is 36.4 Å². The molecule has 0 spiro atoms. The summed E-state index contributed by atoms with van der Waals surface area (Å²) >= 11 is 3.57. The number of hydrogen-bond donors (Lipinski definition) is 1. The maximum Gasteiger partial charge on any atom is 0.133 e. The molecule has 0 radical (unpaired) electrons. The monoisotopic (exact) mass is 361 g/mol. The van der Waals surface area contributed by atoms with Crippen LogP contribution in [0.2, 0.25) is 0 Å². The summed E-state index contributed by atoms with van der Waals surface area (Å²) in [6, 6.07) is 10.8. The highest BCUT2D eigenvalue weighted by atomic mass is 79.9. The van der Waals surface area contributed by atoms with Crippen LogP contribution in [0, 0.1) is 0 Å². The zero-order valence-electron chi connectivity index (χ0n) is 12.6. The molecular formula is C17H20BrN3O. The number of halogens is 1. The van der Waals surface area contributed by atoms with Gasteiger partial charge in [0.15, 0.2) is 0 Å². The van der Waals surface area contributed by atoms with Crippen molar-refractivity contribution in [3.63, 3.8) is 0 Å². The lowest BCUT2D eigenvalue weighted by molar-refractivity contribution is 0.153. The summed E-state index contributed by atoms with van der Waals surface area (Å²) in [5.74, 6) is 0.868. The third kappa shape index (κ3) is 3.48. The van der Waals surface area contributed by atoms with Crippen LogP contribution in [-0.4, -0.2) is 36.6 Å². The first-order chi connectivity index (χ1) is 10.8. The first-order valence-electron chi connectivity index (χ1n) is 7.45. The first kappa shape index (κ1) is 15.5. The molecule has 1 N–H and O–H groups in total. The summed E-state index contributed by atoms with van der Waals surface area (Å²) in [5, 5.41) is 3.48. The van der Waals surface area contributed by atoms with Gasteiger partial charge in [-0.15, -0.1) is 0 Å². The molecule has 0 saturated carbocycles. The average molecular weight is 362 g/mol. The molecule has 1 saturated heterocycles. The molecule has 0 aliphatic carbocycles. The average Bonchev–Trinajstić information content (AvgIpc) is 2.56. The minimum absolute atomic E-state index is 0.364. The molecule has 2 heterocycles. The highest BCUT2D eigenvalue weighted by Gasteiger charge is 2.24. The van der Waals surface area contributed by atoms with Gasteiger partial charge in [0, 0.05) is 44.6 Å². The molecule has 1 fully saturated rings. The van der Waals surface area contributed by atoms with Crippen LogP contribution in [0.1, 0.15) is 17.2 Å². The van der Waals surface area contributed by atoms with E-state index in [4.69, 9.17) is 4.74 Å². The minimum atomic E-state index is 0.364. The molecule has 1 aliphatic rings. The number of rotatable bonds is 4. The zero-order chi connectivity index (χ0) is 15.4. The van der Waals surface area contributed by atoms with Crippen LogP contribution in [0.15, 0.2) is 47.2 Å². The quantitative estimate of drug-likeness (QED) is 0.908. The number of hydrogen-bond acceptors (Lipinski definition) is 4. The lowest BCUT2D eigenvalue weighted by Crippen LogP contribution is -2.45. The number of piperazine rings is 1. The first-order valence-corrected chi connectivity index (χ1v) is 8.24. The van der Waals surface area contributed by atoms with Crippen molar-refractivity contribution in [2.45, 2.75) is 12.6 Å². The second kappa shape index (κ2) is 7.22. The zero-order valence-corrected chi connectivity index (χ0v) is 14.2. The summed E-state index contributed by atoms with van der Waals surface area (Å²) in [6.07, 6.45) is 3.79. The molecular weight excluding hydrogens is 342 g/mol. The van der Waals surface area contributed by atoms with Crippen LogP contribution in [0.5, 0.6) is 5.75 Å². The van der Waals surface area contributed by atoms with E-state index >= 15 is 0 Å². The van der Waals surface area contributed by atoms with Crippen LogP contribution in [-0.2, 0) is 6.54 Å². The molecule has 5 heteroatoms. The van der Waals surface area contributed by atoms with Gasteiger partial charge in [-0.3, -0.25) is 9.88 Å².